The number of hydrogen-bond acceptors (Lipinski definition) is 4. The van der Waals surface area contributed by atoms with Crippen molar-refractivity contribution in [3.05, 3.63) is 70.8 Å². The number of aromatic nitrogens is 2. The number of carbonyl (C=O) groups is 2. The topological polar surface area (TPSA) is 95.2 Å². The number of aryl methyl sites for hydroxylation is 1. The van der Waals surface area contributed by atoms with Crippen LogP contribution in [0.1, 0.15) is 25.1 Å². The molecule has 3 aromatic rings. The number of likely N-dealkylation sites (tertiary alicyclic amines) is 1. The molecule has 7 heteroatoms. The van der Waals surface area contributed by atoms with Crippen LogP contribution in [-0.2, 0) is 16.0 Å². The molecule has 0 spiro atoms. The van der Waals surface area contributed by atoms with Crippen molar-refractivity contribution >= 4 is 28.4 Å². The molecule has 1 aliphatic rings. The number of benzene rings is 2. The fourth-order valence-corrected chi connectivity index (χ4v) is 3.82. The Hall–Kier alpha value is -3.48. The monoisotopic (exact) mass is 404 g/mol. The van der Waals surface area contributed by atoms with Crippen LogP contribution >= 0.6 is 0 Å². The lowest BCUT2D eigenvalue weighted by molar-refractivity contribution is -0.134. The lowest BCUT2D eigenvalue weighted by atomic mass is 9.96. The second-order valence-electron chi connectivity index (χ2n) is 7.56. The van der Waals surface area contributed by atoms with Gasteiger partial charge in [-0.3, -0.25) is 14.4 Å². The largest absolute Gasteiger partial charge is 0.342 e. The van der Waals surface area contributed by atoms with Crippen LogP contribution in [0.2, 0.25) is 0 Å². The van der Waals surface area contributed by atoms with Crippen LogP contribution in [0.4, 0.5) is 5.69 Å². The van der Waals surface area contributed by atoms with E-state index in [2.05, 4.69) is 15.3 Å². The second-order valence-corrected chi connectivity index (χ2v) is 7.56. The van der Waals surface area contributed by atoms with Gasteiger partial charge in [-0.05, 0) is 37.1 Å². The molecular weight excluding hydrogens is 380 g/mol. The quantitative estimate of drug-likeness (QED) is 0.684. The predicted octanol–water partition coefficient (Wildman–Crippen LogP) is 2.73. The zero-order valence-corrected chi connectivity index (χ0v) is 16.6. The van der Waals surface area contributed by atoms with Gasteiger partial charge in [-0.15, -0.1) is 0 Å². The minimum absolute atomic E-state index is 0.0250. The van der Waals surface area contributed by atoms with Crippen LogP contribution in [0.25, 0.3) is 10.9 Å². The van der Waals surface area contributed by atoms with Crippen molar-refractivity contribution < 1.29 is 9.59 Å². The van der Waals surface area contributed by atoms with Crippen LogP contribution < -0.4 is 10.9 Å². The number of rotatable bonds is 5. The molecule has 2 aromatic carbocycles. The molecule has 2 heterocycles. The normalized spacial score (nSPS) is 16.4. The molecule has 154 valence electrons. The van der Waals surface area contributed by atoms with E-state index >= 15 is 0 Å². The summed E-state index contributed by atoms with van der Waals surface area (Å²) in [5, 5.41) is 3.46. The number of hydrogen-bond donors (Lipinski definition) is 2. The molecule has 1 fully saturated rings. The van der Waals surface area contributed by atoms with Crippen LogP contribution in [0.15, 0.2) is 59.4 Å². The van der Waals surface area contributed by atoms with E-state index < -0.39 is 0 Å². The van der Waals surface area contributed by atoms with Crippen molar-refractivity contribution in [1.29, 1.82) is 0 Å². The Labute approximate surface area is 174 Å². The lowest BCUT2D eigenvalue weighted by Crippen LogP contribution is -2.43. The molecule has 1 atom stereocenters. The molecule has 2 N–H and O–H groups in total. The van der Waals surface area contributed by atoms with Crippen molar-refractivity contribution in [2.24, 2.45) is 5.92 Å². The van der Waals surface area contributed by atoms with Crippen LogP contribution in [0.5, 0.6) is 0 Å². The Bertz CT molecular complexity index is 1110. The summed E-state index contributed by atoms with van der Waals surface area (Å²) in [6.07, 6.45) is 2.16. The van der Waals surface area contributed by atoms with Crippen molar-refractivity contribution in [1.82, 2.24) is 14.9 Å². The minimum Gasteiger partial charge on any atom is -0.342 e. The summed E-state index contributed by atoms with van der Waals surface area (Å²) < 4.78 is 0. The van der Waals surface area contributed by atoms with Gasteiger partial charge in [0.05, 0.1) is 16.8 Å². The minimum atomic E-state index is -0.221. The highest BCUT2D eigenvalue weighted by atomic mass is 16.2. The van der Waals surface area contributed by atoms with E-state index in [-0.39, 0.29) is 29.7 Å². The predicted molar refractivity (Wildman–Crippen MR) is 115 cm³/mol. The van der Waals surface area contributed by atoms with Crippen molar-refractivity contribution in [3.8, 4) is 0 Å². The van der Waals surface area contributed by atoms with E-state index in [1.807, 2.05) is 36.4 Å². The third-order valence-corrected chi connectivity index (χ3v) is 5.42. The summed E-state index contributed by atoms with van der Waals surface area (Å²) in [4.78, 5) is 46.4. The van der Waals surface area contributed by atoms with Gasteiger partial charge >= 0.3 is 0 Å². The van der Waals surface area contributed by atoms with Gasteiger partial charge in [0.25, 0.3) is 5.56 Å². The zero-order valence-electron chi connectivity index (χ0n) is 16.6. The van der Waals surface area contributed by atoms with E-state index in [0.717, 1.165) is 18.5 Å². The van der Waals surface area contributed by atoms with E-state index in [1.165, 1.54) is 0 Å². The van der Waals surface area contributed by atoms with E-state index in [0.29, 0.717) is 36.2 Å². The molecule has 0 aliphatic carbocycles. The number of carbonyl (C=O) groups excluding carboxylic acids is 2. The highest BCUT2D eigenvalue weighted by Crippen LogP contribution is 2.20. The Kier molecular flexibility index (Phi) is 5.88. The number of H-pyrrole nitrogens is 1. The maximum absolute atomic E-state index is 12.7. The van der Waals surface area contributed by atoms with Crippen LogP contribution in [0.3, 0.4) is 0 Å². The fourth-order valence-electron chi connectivity index (χ4n) is 3.82. The first-order chi connectivity index (χ1) is 14.6. The summed E-state index contributed by atoms with van der Waals surface area (Å²) in [6, 6.07) is 16.5. The number of fused-ring (bicyclic) bond motifs is 1. The summed E-state index contributed by atoms with van der Waals surface area (Å²) in [5.41, 5.74) is 1.19. The number of piperidine rings is 1. The summed E-state index contributed by atoms with van der Waals surface area (Å²) >= 11 is 0. The maximum atomic E-state index is 12.7. The fraction of sp³-hybridized carbons (Fsp3) is 0.304. The number of nitrogens with zero attached hydrogens (tertiary/aromatic N) is 2. The van der Waals surface area contributed by atoms with E-state index in [9.17, 15) is 14.4 Å². The molecule has 7 nitrogen and oxygen atoms in total. The third kappa shape index (κ3) is 4.56. The molecule has 4 rings (SSSR count). The van der Waals surface area contributed by atoms with Gasteiger partial charge in [0, 0.05) is 31.6 Å². The number of para-hydroxylation sites is 2. The first kappa shape index (κ1) is 19.8. The van der Waals surface area contributed by atoms with Crippen molar-refractivity contribution in [2.75, 3.05) is 18.4 Å². The van der Waals surface area contributed by atoms with Gasteiger partial charge in [0.15, 0.2) is 0 Å². The van der Waals surface area contributed by atoms with Crippen LogP contribution in [-0.4, -0.2) is 39.8 Å². The smallest absolute Gasteiger partial charge is 0.258 e. The van der Waals surface area contributed by atoms with E-state index in [4.69, 9.17) is 0 Å². The maximum Gasteiger partial charge on any atom is 0.258 e. The van der Waals surface area contributed by atoms with Gasteiger partial charge in [-0.1, -0.05) is 30.3 Å². The number of aromatic amines is 1. The SMILES string of the molecule is O=C(Nc1ccccc1)C1CCCN(C(=O)CCc2nc3ccccc3c(=O)[nH]2)C1. The van der Waals surface area contributed by atoms with Gasteiger partial charge < -0.3 is 15.2 Å². The summed E-state index contributed by atoms with van der Waals surface area (Å²) in [5.74, 6) is 0.200. The molecule has 2 amide bonds. The first-order valence-corrected chi connectivity index (χ1v) is 10.2. The Morgan fingerprint density at radius 1 is 1.10 bits per heavy atom. The summed E-state index contributed by atoms with van der Waals surface area (Å²) in [7, 11) is 0. The Morgan fingerprint density at radius 3 is 2.70 bits per heavy atom. The lowest BCUT2D eigenvalue weighted by Gasteiger charge is -2.32. The summed E-state index contributed by atoms with van der Waals surface area (Å²) in [6.45, 7) is 1.06. The van der Waals surface area contributed by atoms with Gasteiger partial charge in [-0.2, -0.15) is 0 Å². The number of anilines is 1. The average Bonchev–Trinajstić information content (AvgIpc) is 2.78. The molecular formula is C23H24N4O3. The molecule has 0 bridgehead atoms. The molecule has 0 saturated carbocycles. The molecule has 0 radical (unpaired) electrons. The molecule has 1 aromatic heterocycles. The Morgan fingerprint density at radius 2 is 1.87 bits per heavy atom. The molecule has 30 heavy (non-hydrogen) atoms. The van der Waals surface area contributed by atoms with Gasteiger partial charge in [0.1, 0.15) is 5.82 Å². The number of amides is 2. The van der Waals surface area contributed by atoms with Crippen molar-refractivity contribution in [3.63, 3.8) is 0 Å². The first-order valence-electron chi connectivity index (χ1n) is 10.2. The average molecular weight is 404 g/mol. The zero-order chi connectivity index (χ0) is 20.9. The number of nitrogens with one attached hydrogen (secondary N) is 2. The van der Waals surface area contributed by atoms with E-state index in [1.54, 1.807) is 23.1 Å². The van der Waals surface area contributed by atoms with Crippen LogP contribution in [0, 0.1) is 5.92 Å². The van der Waals surface area contributed by atoms with Gasteiger partial charge in [-0.25, -0.2) is 4.98 Å². The highest BCUT2D eigenvalue weighted by Gasteiger charge is 2.28. The van der Waals surface area contributed by atoms with Crippen molar-refractivity contribution in [2.45, 2.75) is 25.7 Å². The molecule has 1 unspecified atom stereocenters. The second kappa shape index (κ2) is 8.90. The molecule has 1 aliphatic heterocycles. The Balaban J connectivity index is 1.35. The molecule has 1 saturated heterocycles. The third-order valence-electron chi connectivity index (χ3n) is 5.42. The van der Waals surface area contributed by atoms with Gasteiger partial charge in [0.2, 0.25) is 11.8 Å². The highest BCUT2D eigenvalue weighted by molar-refractivity contribution is 5.93. The standard InChI is InChI=1S/C23H24N4O3/c28-21(13-12-20-25-19-11-5-4-10-18(19)23(30)26-20)27-14-6-7-16(15-27)22(29)24-17-8-2-1-3-9-17/h1-5,8-11,16H,6-7,12-15H2,(H,24,29)(H,25,26,30).